The van der Waals surface area contributed by atoms with Crippen molar-refractivity contribution in [3.8, 4) is 0 Å². The van der Waals surface area contributed by atoms with E-state index in [4.69, 9.17) is 9.47 Å². The van der Waals surface area contributed by atoms with E-state index in [1.807, 2.05) is 13.0 Å². The average molecular weight is 441 g/mol. The van der Waals surface area contributed by atoms with Gasteiger partial charge in [-0.2, -0.15) is 0 Å². The Hall–Kier alpha value is -2.02. The van der Waals surface area contributed by atoms with Gasteiger partial charge < -0.3 is 14.6 Å². The first-order chi connectivity index (χ1) is 14.4. The summed E-state index contributed by atoms with van der Waals surface area (Å²) >= 11 is 0. The van der Waals surface area contributed by atoms with Crippen molar-refractivity contribution >= 4 is 23.5 Å². The van der Waals surface area contributed by atoms with Crippen LogP contribution in [0.2, 0.25) is 0 Å². The van der Waals surface area contributed by atoms with Gasteiger partial charge in [0.2, 0.25) is 0 Å². The van der Waals surface area contributed by atoms with Crippen molar-refractivity contribution in [3.63, 3.8) is 0 Å². The number of hydrogen-bond donors (Lipinski definition) is 1. The van der Waals surface area contributed by atoms with Crippen molar-refractivity contribution in [1.82, 2.24) is 0 Å². The van der Waals surface area contributed by atoms with Crippen LogP contribution in [0, 0.1) is 17.8 Å². The second-order valence-electron chi connectivity index (χ2n) is 8.64. The van der Waals surface area contributed by atoms with Gasteiger partial charge in [-0.1, -0.05) is 11.6 Å². The quantitative estimate of drug-likeness (QED) is 0.234. The number of aliphatic hydroxyl groups is 1. The number of ether oxygens (including phenoxy) is 2. The van der Waals surface area contributed by atoms with E-state index in [0.717, 1.165) is 18.4 Å². The third kappa shape index (κ3) is 11.2. The van der Waals surface area contributed by atoms with Crippen molar-refractivity contribution in [1.29, 1.82) is 0 Å². The Morgan fingerprint density at radius 3 is 1.71 bits per heavy atom. The van der Waals surface area contributed by atoms with Gasteiger partial charge in [0.25, 0.3) is 0 Å². The van der Waals surface area contributed by atoms with Crippen molar-refractivity contribution in [2.45, 2.75) is 86.2 Å². The summed E-state index contributed by atoms with van der Waals surface area (Å²) in [6.45, 7) is 11.5. The number of carbonyl (C=O) groups is 4. The Bertz CT molecular complexity index is 607. The monoisotopic (exact) mass is 440 g/mol. The molecule has 0 aliphatic carbocycles. The van der Waals surface area contributed by atoms with Crippen LogP contribution in [0.4, 0.5) is 0 Å². The topological polar surface area (TPSA) is 107 Å². The van der Waals surface area contributed by atoms with Crippen LogP contribution in [0.25, 0.3) is 0 Å². The van der Waals surface area contributed by atoms with Crippen molar-refractivity contribution in [2.75, 3.05) is 13.2 Å². The minimum atomic E-state index is -1.21. The largest absolute Gasteiger partial charge is 0.465 e. The van der Waals surface area contributed by atoms with Crippen LogP contribution in [0.1, 0.15) is 80.6 Å². The Morgan fingerprint density at radius 1 is 0.903 bits per heavy atom. The fourth-order valence-corrected chi connectivity index (χ4v) is 3.70. The molecule has 0 fully saturated rings. The molecule has 0 rings (SSSR count). The summed E-state index contributed by atoms with van der Waals surface area (Å²) in [6, 6.07) is 0. The predicted molar refractivity (Wildman–Crippen MR) is 118 cm³/mol. The lowest BCUT2D eigenvalue weighted by atomic mass is 9.75. The van der Waals surface area contributed by atoms with Crippen LogP contribution in [0.15, 0.2) is 11.6 Å². The molecule has 7 heteroatoms. The molecular weight excluding hydrogens is 400 g/mol. The summed E-state index contributed by atoms with van der Waals surface area (Å²) in [6.07, 6.45) is 5.07. The molecule has 0 bridgehead atoms. The van der Waals surface area contributed by atoms with Crippen LogP contribution < -0.4 is 0 Å². The molecule has 0 aromatic carbocycles. The second-order valence-corrected chi connectivity index (χ2v) is 8.64. The highest BCUT2D eigenvalue weighted by Gasteiger charge is 2.43. The molecule has 0 amide bonds. The number of rotatable bonds is 15. The molecular formula is C24H40O7. The molecule has 0 saturated carbocycles. The Morgan fingerprint density at radius 2 is 1.35 bits per heavy atom. The zero-order chi connectivity index (χ0) is 24.2. The number of Topliss-reactive ketones (excluding diaryl/α,β-unsaturated/α-hetero) is 2. The lowest BCUT2D eigenvalue weighted by Crippen LogP contribution is -2.42. The predicted octanol–water partition coefficient (Wildman–Crippen LogP) is 3.81. The summed E-state index contributed by atoms with van der Waals surface area (Å²) < 4.78 is 10.1. The van der Waals surface area contributed by atoms with E-state index in [1.165, 1.54) is 13.8 Å². The molecule has 0 aromatic rings. The van der Waals surface area contributed by atoms with E-state index in [0.29, 0.717) is 12.8 Å². The third-order valence-electron chi connectivity index (χ3n) is 5.17. The molecule has 0 heterocycles. The molecule has 178 valence electrons. The average Bonchev–Trinajstić information content (AvgIpc) is 2.60. The van der Waals surface area contributed by atoms with Crippen molar-refractivity contribution < 1.29 is 33.8 Å². The highest BCUT2D eigenvalue weighted by molar-refractivity contribution is 6.02. The molecule has 0 radical (unpaired) electrons. The SMILES string of the molecule is CCOC(=O)C(C(C)=O)C(CC/C=C(\C)CCCC(C)(C)O)C(C(C)=O)C(=O)OCC. The molecule has 0 saturated heterocycles. The van der Waals surface area contributed by atoms with Gasteiger partial charge in [-0.3, -0.25) is 19.2 Å². The molecule has 31 heavy (non-hydrogen) atoms. The highest BCUT2D eigenvalue weighted by atomic mass is 16.5. The van der Waals surface area contributed by atoms with Gasteiger partial charge in [-0.05, 0) is 86.5 Å². The van der Waals surface area contributed by atoms with Crippen molar-refractivity contribution in [3.05, 3.63) is 11.6 Å². The van der Waals surface area contributed by atoms with Crippen LogP contribution in [0.3, 0.4) is 0 Å². The maximum Gasteiger partial charge on any atom is 0.316 e. The molecule has 2 unspecified atom stereocenters. The molecule has 0 aromatic heterocycles. The van der Waals surface area contributed by atoms with Gasteiger partial charge >= 0.3 is 11.9 Å². The maximum absolute atomic E-state index is 12.5. The number of carbonyl (C=O) groups excluding carboxylic acids is 4. The first-order valence-electron chi connectivity index (χ1n) is 11.1. The van der Waals surface area contributed by atoms with Crippen LogP contribution in [0.5, 0.6) is 0 Å². The number of hydrogen-bond acceptors (Lipinski definition) is 7. The molecule has 0 aliphatic rings. The fourth-order valence-electron chi connectivity index (χ4n) is 3.70. The zero-order valence-corrected chi connectivity index (χ0v) is 20.2. The smallest absolute Gasteiger partial charge is 0.316 e. The van der Waals surface area contributed by atoms with E-state index in [9.17, 15) is 24.3 Å². The molecule has 1 N–H and O–H groups in total. The number of allylic oxidation sites excluding steroid dienone is 2. The molecule has 7 nitrogen and oxygen atoms in total. The van der Waals surface area contributed by atoms with Crippen molar-refractivity contribution in [2.24, 2.45) is 17.8 Å². The van der Waals surface area contributed by atoms with Crippen LogP contribution in [-0.2, 0) is 28.7 Å². The number of ketones is 2. The Labute approximate surface area is 186 Å². The normalized spacial score (nSPS) is 15.0. The lowest BCUT2D eigenvalue weighted by Gasteiger charge is -2.28. The summed E-state index contributed by atoms with van der Waals surface area (Å²) in [5, 5.41) is 9.83. The highest BCUT2D eigenvalue weighted by Crippen LogP contribution is 2.31. The van der Waals surface area contributed by atoms with E-state index in [2.05, 4.69) is 0 Å². The standard InChI is InChI=1S/C24H40O7/c1-8-30-22(27)20(17(4)25)19(21(18(5)26)23(28)31-9-2)14-10-12-16(3)13-11-15-24(6,7)29/h12,19-21,29H,8-11,13-15H2,1-7H3/b16-12+. The van der Waals surface area contributed by atoms with Gasteiger partial charge in [-0.15, -0.1) is 0 Å². The van der Waals surface area contributed by atoms with Crippen LogP contribution in [-0.4, -0.2) is 47.4 Å². The first kappa shape index (κ1) is 29.0. The Balaban J connectivity index is 5.63. The van der Waals surface area contributed by atoms with E-state index < -0.39 is 46.9 Å². The lowest BCUT2D eigenvalue weighted by molar-refractivity contribution is -0.160. The summed E-state index contributed by atoms with van der Waals surface area (Å²) in [7, 11) is 0. The van der Waals surface area contributed by atoms with Gasteiger partial charge in [-0.25, -0.2) is 0 Å². The number of esters is 2. The molecule has 0 aliphatic heterocycles. The minimum absolute atomic E-state index is 0.0969. The fraction of sp³-hybridized carbons (Fsp3) is 0.750. The van der Waals surface area contributed by atoms with Gasteiger partial charge in [0, 0.05) is 0 Å². The van der Waals surface area contributed by atoms with Gasteiger partial charge in [0.05, 0.1) is 18.8 Å². The Kier molecular flexibility index (Phi) is 13.2. The van der Waals surface area contributed by atoms with E-state index in [1.54, 1.807) is 27.7 Å². The van der Waals surface area contributed by atoms with Gasteiger partial charge in [0.15, 0.2) is 0 Å². The van der Waals surface area contributed by atoms with Crippen LogP contribution >= 0.6 is 0 Å². The third-order valence-corrected chi connectivity index (χ3v) is 5.17. The minimum Gasteiger partial charge on any atom is -0.465 e. The zero-order valence-electron chi connectivity index (χ0n) is 20.2. The summed E-state index contributed by atoms with van der Waals surface area (Å²) in [5.74, 6) is -5.57. The molecule has 0 spiro atoms. The van der Waals surface area contributed by atoms with E-state index in [-0.39, 0.29) is 19.6 Å². The second kappa shape index (κ2) is 14.1. The summed E-state index contributed by atoms with van der Waals surface area (Å²) in [5.41, 5.74) is 0.391. The molecule has 2 atom stereocenters. The van der Waals surface area contributed by atoms with Gasteiger partial charge in [0.1, 0.15) is 23.4 Å². The maximum atomic E-state index is 12.5. The first-order valence-corrected chi connectivity index (χ1v) is 11.1. The van der Waals surface area contributed by atoms with E-state index >= 15 is 0 Å². The summed E-state index contributed by atoms with van der Waals surface area (Å²) in [4.78, 5) is 49.7.